The largest absolute Gasteiger partial charge is 0.368 e. The molecule has 0 N–H and O–H groups in total. The van der Waals surface area contributed by atoms with E-state index in [-0.39, 0.29) is 12.2 Å². The van der Waals surface area contributed by atoms with Crippen molar-refractivity contribution in [3.8, 4) is 0 Å². The highest BCUT2D eigenvalue weighted by Gasteiger charge is 2.48. The maximum Gasteiger partial charge on any atom is 0.186 e. The van der Waals surface area contributed by atoms with Crippen LogP contribution >= 0.6 is 15.9 Å². The molecule has 0 bridgehead atoms. The van der Waals surface area contributed by atoms with E-state index in [0.29, 0.717) is 25.2 Å². The number of methoxy groups -OCH3 is 1. The maximum atomic E-state index is 6.50. The molecule has 0 aliphatic carbocycles. The molecule has 0 spiro atoms. The van der Waals surface area contributed by atoms with Gasteiger partial charge in [-0.05, 0) is 16.7 Å². The molecule has 1 heterocycles. The van der Waals surface area contributed by atoms with Crippen molar-refractivity contribution < 1.29 is 23.7 Å². The Hall–Kier alpha value is -2.06. The highest BCUT2D eigenvalue weighted by Crippen LogP contribution is 2.31. The summed E-state index contributed by atoms with van der Waals surface area (Å²) in [5, 5.41) is 0.586. The van der Waals surface area contributed by atoms with Crippen molar-refractivity contribution in [2.24, 2.45) is 0 Å². The lowest BCUT2D eigenvalue weighted by Crippen LogP contribution is -2.61. The van der Waals surface area contributed by atoms with Gasteiger partial charge >= 0.3 is 0 Å². The molecule has 0 radical (unpaired) electrons. The smallest absolute Gasteiger partial charge is 0.186 e. The van der Waals surface area contributed by atoms with Crippen molar-refractivity contribution in [1.29, 1.82) is 0 Å². The summed E-state index contributed by atoms with van der Waals surface area (Å²) in [6.45, 7) is 1.31. The van der Waals surface area contributed by atoms with Crippen LogP contribution in [0, 0.1) is 0 Å². The van der Waals surface area contributed by atoms with E-state index in [1.807, 2.05) is 78.9 Å². The number of halogens is 1. The molecule has 0 amide bonds. The van der Waals surface area contributed by atoms with E-state index in [1.54, 1.807) is 7.11 Å². The molecule has 5 atom stereocenters. The average molecular weight is 527 g/mol. The second kappa shape index (κ2) is 13.1. The Labute approximate surface area is 210 Å². The summed E-state index contributed by atoms with van der Waals surface area (Å²) in [6.07, 6.45) is -2.05. The fraction of sp³-hybridized carbons (Fsp3) is 0.357. The average Bonchev–Trinajstić information content (AvgIpc) is 2.91. The third-order valence-electron chi connectivity index (χ3n) is 5.83. The summed E-state index contributed by atoms with van der Waals surface area (Å²) in [6, 6.07) is 30.3. The number of rotatable bonds is 11. The van der Waals surface area contributed by atoms with Gasteiger partial charge in [-0.1, -0.05) is 107 Å². The predicted octanol–water partition coefficient (Wildman–Crippen LogP) is 5.51. The number of ether oxygens (including phenoxy) is 5. The molecule has 1 unspecified atom stereocenters. The van der Waals surface area contributed by atoms with Gasteiger partial charge < -0.3 is 23.7 Å². The molecule has 34 heavy (non-hydrogen) atoms. The Kier molecular flexibility index (Phi) is 9.68. The Morgan fingerprint density at radius 3 is 1.44 bits per heavy atom. The topological polar surface area (TPSA) is 46.2 Å². The van der Waals surface area contributed by atoms with Gasteiger partial charge in [0.1, 0.15) is 18.3 Å². The van der Waals surface area contributed by atoms with E-state index >= 15 is 0 Å². The first-order valence-corrected chi connectivity index (χ1v) is 12.6. The normalized spacial score (nSPS) is 24.7. The van der Waals surface area contributed by atoms with Gasteiger partial charge in [-0.15, -0.1) is 0 Å². The molecule has 3 aromatic carbocycles. The zero-order valence-corrected chi connectivity index (χ0v) is 20.9. The predicted molar refractivity (Wildman–Crippen MR) is 135 cm³/mol. The van der Waals surface area contributed by atoms with Crippen molar-refractivity contribution in [1.82, 2.24) is 0 Å². The lowest BCUT2D eigenvalue weighted by atomic mass is 9.98. The van der Waals surface area contributed by atoms with Crippen molar-refractivity contribution in [3.05, 3.63) is 108 Å². The second-order valence-electron chi connectivity index (χ2n) is 8.22. The number of benzene rings is 3. The van der Waals surface area contributed by atoms with Crippen molar-refractivity contribution in [3.63, 3.8) is 0 Å². The first kappa shape index (κ1) is 25.0. The zero-order chi connectivity index (χ0) is 23.6. The SMILES string of the molecule is COC1O[C@H](CBr)[C@H](OCc2ccccc2)[C@H](OCc2ccccc2)[C@H]1OCc1ccccc1. The molecule has 0 saturated carbocycles. The summed E-state index contributed by atoms with van der Waals surface area (Å²) < 4.78 is 31.3. The minimum absolute atomic E-state index is 0.258. The lowest BCUT2D eigenvalue weighted by Gasteiger charge is -2.45. The number of alkyl halides is 1. The minimum atomic E-state index is -0.580. The highest BCUT2D eigenvalue weighted by atomic mass is 79.9. The second-order valence-corrected chi connectivity index (χ2v) is 8.86. The molecule has 1 aliphatic heterocycles. The monoisotopic (exact) mass is 526 g/mol. The van der Waals surface area contributed by atoms with Gasteiger partial charge in [-0.25, -0.2) is 0 Å². The Balaban J connectivity index is 1.56. The van der Waals surface area contributed by atoms with Crippen LogP contribution in [0.15, 0.2) is 91.0 Å². The quantitative estimate of drug-likeness (QED) is 0.308. The van der Waals surface area contributed by atoms with Crippen molar-refractivity contribution >= 4 is 15.9 Å². The number of hydrogen-bond acceptors (Lipinski definition) is 5. The van der Waals surface area contributed by atoms with Crippen LogP contribution in [0.4, 0.5) is 0 Å². The molecule has 3 aromatic rings. The summed E-state index contributed by atoms with van der Waals surface area (Å²) in [5.74, 6) is 0. The van der Waals surface area contributed by atoms with Crippen LogP contribution in [0.1, 0.15) is 16.7 Å². The number of hydrogen-bond donors (Lipinski definition) is 0. The van der Waals surface area contributed by atoms with E-state index in [1.165, 1.54) is 0 Å². The summed E-state index contributed by atoms with van der Waals surface area (Å²) in [7, 11) is 1.63. The molecule has 0 aromatic heterocycles. The molecule has 4 rings (SSSR count). The molecule has 1 saturated heterocycles. The fourth-order valence-electron chi connectivity index (χ4n) is 4.06. The van der Waals surface area contributed by atoms with Crippen LogP contribution < -0.4 is 0 Å². The van der Waals surface area contributed by atoms with E-state index in [9.17, 15) is 0 Å². The molecule has 6 heteroatoms. The van der Waals surface area contributed by atoms with Crippen LogP contribution in [-0.4, -0.2) is 43.1 Å². The van der Waals surface area contributed by atoms with E-state index in [2.05, 4.69) is 28.1 Å². The van der Waals surface area contributed by atoms with Crippen molar-refractivity contribution in [2.45, 2.75) is 50.5 Å². The molecular weight excluding hydrogens is 496 g/mol. The molecular formula is C28H31BrO5. The van der Waals surface area contributed by atoms with Gasteiger partial charge in [0.25, 0.3) is 0 Å². The molecule has 180 valence electrons. The Morgan fingerprint density at radius 1 is 0.618 bits per heavy atom. The Morgan fingerprint density at radius 2 is 1.03 bits per heavy atom. The first-order valence-electron chi connectivity index (χ1n) is 11.5. The lowest BCUT2D eigenvalue weighted by molar-refractivity contribution is -0.313. The highest BCUT2D eigenvalue weighted by molar-refractivity contribution is 9.09. The zero-order valence-electron chi connectivity index (χ0n) is 19.3. The van der Waals surface area contributed by atoms with Crippen LogP contribution in [0.2, 0.25) is 0 Å². The van der Waals surface area contributed by atoms with Gasteiger partial charge in [-0.3, -0.25) is 0 Å². The van der Waals surface area contributed by atoms with E-state index in [4.69, 9.17) is 23.7 Å². The van der Waals surface area contributed by atoms with E-state index < -0.39 is 18.5 Å². The van der Waals surface area contributed by atoms with Crippen LogP contribution in [0.3, 0.4) is 0 Å². The summed E-state index contributed by atoms with van der Waals surface area (Å²) in [5.41, 5.74) is 3.25. The third-order valence-corrected chi connectivity index (χ3v) is 6.47. The standard InChI is InChI=1S/C28H31BrO5/c1-30-28-27(33-20-23-15-9-4-10-16-23)26(32-19-22-13-7-3-8-14-22)25(24(17-29)34-28)31-18-21-11-5-2-6-12-21/h2-16,24-28H,17-20H2,1H3/t24-,25+,26+,27-,28?/m1/s1. The van der Waals surface area contributed by atoms with Crippen LogP contribution in [0.5, 0.6) is 0 Å². The minimum Gasteiger partial charge on any atom is -0.368 e. The van der Waals surface area contributed by atoms with Crippen molar-refractivity contribution in [2.75, 3.05) is 12.4 Å². The van der Waals surface area contributed by atoms with Gasteiger partial charge in [-0.2, -0.15) is 0 Å². The van der Waals surface area contributed by atoms with Gasteiger partial charge in [0.05, 0.1) is 25.9 Å². The molecule has 1 aliphatic rings. The Bertz CT molecular complexity index is 899. The van der Waals surface area contributed by atoms with E-state index in [0.717, 1.165) is 16.7 Å². The third kappa shape index (κ3) is 6.75. The maximum absolute atomic E-state index is 6.50. The summed E-state index contributed by atoms with van der Waals surface area (Å²) >= 11 is 3.60. The van der Waals surface area contributed by atoms with Crippen LogP contribution in [0.25, 0.3) is 0 Å². The van der Waals surface area contributed by atoms with Gasteiger partial charge in [0, 0.05) is 12.4 Å². The molecule has 5 nitrogen and oxygen atoms in total. The summed E-state index contributed by atoms with van der Waals surface area (Å²) in [4.78, 5) is 0. The fourth-order valence-corrected chi connectivity index (χ4v) is 4.58. The van der Waals surface area contributed by atoms with Gasteiger partial charge in [0.15, 0.2) is 6.29 Å². The van der Waals surface area contributed by atoms with Crippen LogP contribution in [-0.2, 0) is 43.5 Å². The first-order chi connectivity index (χ1) is 16.8. The van der Waals surface area contributed by atoms with Gasteiger partial charge in [0.2, 0.25) is 0 Å². The molecule has 1 fully saturated rings.